The van der Waals surface area contributed by atoms with E-state index >= 15 is 0 Å². The van der Waals surface area contributed by atoms with Gasteiger partial charge in [-0.1, -0.05) is 62.4 Å². The zero-order valence-corrected chi connectivity index (χ0v) is 14.3. The van der Waals surface area contributed by atoms with E-state index < -0.39 is 5.97 Å². The number of ether oxygens (including phenoxy) is 1. The van der Waals surface area contributed by atoms with Crippen LogP contribution >= 0.6 is 0 Å². The topological polar surface area (TPSA) is 55.4 Å². The Morgan fingerprint density at radius 3 is 2.25 bits per heavy atom. The fraction of sp³-hybridized carbons (Fsp3) is 0.300. The van der Waals surface area contributed by atoms with Crippen LogP contribution < -0.4 is 5.32 Å². The first-order chi connectivity index (χ1) is 11.5. The summed E-state index contributed by atoms with van der Waals surface area (Å²) in [5.74, 6) is -0.466. The molecule has 2 rings (SSSR count). The quantitative estimate of drug-likeness (QED) is 0.825. The maximum atomic E-state index is 12.4. The minimum Gasteiger partial charge on any atom is -0.452 e. The molecule has 0 spiro atoms. The van der Waals surface area contributed by atoms with Crippen LogP contribution in [-0.4, -0.2) is 24.5 Å². The number of esters is 1. The van der Waals surface area contributed by atoms with E-state index in [1.165, 1.54) is 0 Å². The summed E-state index contributed by atoms with van der Waals surface area (Å²) in [4.78, 5) is 24.2. The van der Waals surface area contributed by atoms with Gasteiger partial charge < -0.3 is 10.1 Å². The van der Waals surface area contributed by atoms with Gasteiger partial charge in [0.2, 0.25) is 0 Å². The van der Waals surface area contributed by atoms with Crippen LogP contribution in [0.4, 0.5) is 0 Å². The minimum absolute atomic E-state index is 0.0350. The third kappa shape index (κ3) is 4.69. The lowest BCUT2D eigenvalue weighted by Gasteiger charge is -2.17. The number of amides is 1. The number of carbonyl (C=O) groups excluding carboxylic acids is 2. The Kier molecular flexibility index (Phi) is 6.13. The molecule has 1 N–H and O–H groups in total. The van der Waals surface area contributed by atoms with Gasteiger partial charge in [0.15, 0.2) is 6.61 Å². The second-order valence-corrected chi connectivity index (χ2v) is 6.09. The van der Waals surface area contributed by atoms with Crippen LogP contribution in [0.1, 0.15) is 31.1 Å². The SMILES string of the molecule is CC(C)[C@H](C)NC(=O)COC(=O)c1ccccc1-c1ccccc1. The predicted molar refractivity (Wildman–Crippen MR) is 94.6 cm³/mol. The van der Waals surface area contributed by atoms with Crippen LogP contribution in [0.3, 0.4) is 0 Å². The van der Waals surface area contributed by atoms with Gasteiger partial charge >= 0.3 is 5.97 Å². The lowest BCUT2D eigenvalue weighted by molar-refractivity contribution is -0.125. The number of hydrogen-bond donors (Lipinski definition) is 1. The predicted octanol–water partition coefficient (Wildman–Crippen LogP) is 3.67. The Morgan fingerprint density at radius 1 is 0.958 bits per heavy atom. The summed E-state index contributed by atoms with van der Waals surface area (Å²) in [5.41, 5.74) is 2.18. The van der Waals surface area contributed by atoms with Crippen LogP contribution in [0.15, 0.2) is 54.6 Å². The van der Waals surface area contributed by atoms with E-state index in [2.05, 4.69) is 5.32 Å². The molecule has 2 aromatic carbocycles. The van der Waals surface area contributed by atoms with E-state index in [4.69, 9.17) is 4.74 Å². The number of carbonyl (C=O) groups is 2. The summed E-state index contributed by atoms with van der Waals surface area (Å²) in [6.45, 7) is 5.69. The molecule has 4 heteroatoms. The Hall–Kier alpha value is -2.62. The molecule has 4 nitrogen and oxygen atoms in total. The summed E-state index contributed by atoms with van der Waals surface area (Å²) in [6.07, 6.45) is 0. The number of rotatable bonds is 6. The highest BCUT2D eigenvalue weighted by molar-refractivity contribution is 5.98. The first-order valence-electron chi connectivity index (χ1n) is 8.10. The zero-order chi connectivity index (χ0) is 17.5. The molecule has 0 aliphatic heterocycles. The number of hydrogen-bond acceptors (Lipinski definition) is 3. The van der Waals surface area contributed by atoms with Gasteiger partial charge in [-0.2, -0.15) is 0 Å². The summed E-state index contributed by atoms with van der Waals surface area (Å²) in [6, 6.07) is 16.9. The molecular formula is C20H23NO3. The third-order valence-corrected chi connectivity index (χ3v) is 3.95. The minimum atomic E-state index is -0.498. The molecular weight excluding hydrogens is 302 g/mol. The molecule has 0 bridgehead atoms. The van der Waals surface area contributed by atoms with Crippen molar-refractivity contribution in [2.24, 2.45) is 5.92 Å². The average molecular weight is 325 g/mol. The average Bonchev–Trinajstić information content (AvgIpc) is 2.60. The van der Waals surface area contributed by atoms with Crippen molar-refractivity contribution in [2.45, 2.75) is 26.8 Å². The Balaban J connectivity index is 2.05. The molecule has 0 radical (unpaired) electrons. The maximum Gasteiger partial charge on any atom is 0.339 e. The lowest BCUT2D eigenvalue weighted by atomic mass is 10.00. The smallest absolute Gasteiger partial charge is 0.339 e. The van der Waals surface area contributed by atoms with E-state index in [0.717, 1.165) is 11.1 Å². The largest absolute Gasteiger partial charge is 0.452 e. The van der Waals surface area contributed by atoms with E-state index in [0.29, 0.717) is 11.5 Å². The molecule has 1 atom stereocenters. The summed E-state index contributed by atoms with van der Waals surface area (Å²) < 4.78 is 5.18. The molecule has 0 aromatic heterocycles. The number of benzene rings is 2. The van der Waals surface area contributed by atoms with Crippen molar-refractivity contribution in [1.82, 2.24) is 5.32 Å². The normalized spacial score (nSPS) is 11.8. The standard InChI is InChI=1S/C20H23NO3/c1-14(2)15(3)21-19(22)13-24-20(23)18-12-8-7-11-17(18)16-9-5-4-6-10-16/h4-12,14-15H,13H2,1-3H3,(H,21,22)/t15-/m0/s1. The highest BCUT2D eigenvalue weighted by Gasteiger charge is 2.16. The van der Waals surface area contributed by atoms with Gasteiger partial charge in [-0.25, -0.2) is 4.79 Å². The molecule has 0 saturated carbocycles. The van der Waals surface area contributed by atoms with Crippen LogP contribution in [0.25, 0.3) is 11.1 Å². The molecule has 0 heterocycles. The number of nitrogens with one attached hydrogen (secondary N) is 1. The highest BCUT2D eigenvalue weighted by atomic mass is 16.5. The van der Waals surface area contributed by atoms with Crippen LogP contribution in [0.2, 0.25) is 0 Å². The van der Waals surface area contributed by atoms with E-state index in [9.17, 15) is 9.59 Å². The van der Waals surface area contributed by atoms with Gasteiger partial charge in [0, 0.05) is 6.04 Å². The third-order valence-electron chi connectivity index (χ3n) is 3.95. The van der Waals surface area contributed by atoms with Crippen molar-refractivity contribution in [3.8, 4) is 11.1 Å². The Labute approximate surface area is 142 Å². The summed E-state index contributed by atoms with van der Waals surface area (Å²) in [5, 5.41) is 2.82. The molecule has 0 aliphatic rings. The Morgan fingerprint density at radius 2 is 1.58 bits per heavy atom. The molecule has 1 amide bonds. The second-order valence-electron chi connectivity index (χ2n) is 6.09. The first kappa shape index (κ1) is 17.7. The van der Waals surface area contributed by atoms with Crippen molar-refractivity contribution in [3.63, 3.8) is 0 Å². The van der Waals surface area contributed by atoms with E-state index in [-0.39, 0.29) is 18.6 Å². The summed E-state index contributed by atoms with van der Waals surface area (Å²) >= 11 is 0. The first-order valence-corrected chi connectivity index (χ1v) is 8.10. The Bertz CT molecular complexity index is 695. The van der Waals surface area contributed by atoms with Crippen molar-refractivity contribution in [1.29, 1.82) is 0 Å². The fourth-order valence-corrected chi connectivity index (χ4v) is 2.20. The van der Waals surface area contributed by atoms with Gasteiger partial charge in [-0.3, -0.25) is 4.79 Å². The van der Waals surface area contributed by atoms with Gasteiger partial charge in [0.25, 0.3) is 5.91 Å². The molecule has 0 aliphatic carbocycles. The van der Waals surface area contributed by atoms with Gasteiger partial charge in [0.1, 0.15) is 0 Å². The van der Waals surface area contributed by atoms with Crippen molar-refractivity contribution < 1.29 is 14.3 Å². The molecule has 126 valence electrons. The van der Waals surface area contributed by atoms with Gasteiger partial charge in [-0.05, 0) is 30.0 Å². The van der Waals surface area contributed by atoms with Crippen molar-refractivity contribution in [2.75, 3.05) is 6.61 Å². The maximum absolute atomic E-state index is 12.4. The summed E-state index contributed by atoms with van der Waals surface area (Å²) in [7, 11) is 0. The van der Waals surface area contributed by atoms with Crippen molar-refractivity contribution in [3.05, 3.63) is 60.2 Å². The van der Waals surface area contributed by atoms with Gasteiger partial charge in [-0.15, -0.1) is 0 Å². The molecule has 0 unspecified atom stereocenters. The van der Waals surface area contributed by atoms with E-state index in [1.54, 1.807) is 12.1 Å². The molecule has 2 aromatic rings. The van der Waals surface area contributed by atoms with Gasteiger partial charge in [0.05, 0.1) is 5.56 Å². The van der Waals surface area contributed by atoms with Crippen LogP contribution in [0.5, 0.6) is 0 Å². The monoisotopic (exact) mass is 325 g/mol. The van der Waals surface area contributed by atoms with Crippen LogP contribution in [0, 0.1) is 5.92 Å². The molecule has 24 heavy (non-hydrogen) atoms. The molecule has 0 fully saturated rings. The lowest BCUT2D eigenvalue weighted by Crippen LogP contribution is -2.38. The fourth-order valence-electron chi connectivity index (χ4n) is 2.20. The second kappa shape index (κ2) is 8.29. The highest BCUT2D eigenvalue weighted by Crippen LogP contribution is 2.23. The van der Waals surface area contributed by atoms with Crippen LogP contribution in [-0.2, 0) is 9.53 Å². The molecule has 0 saturated heterocycles. The van der Waals surface area contributed by atoms with E-state index in [1.807, 2.05) is 63.2 Å². The van der Waals surface area contributed by atoms with Crippen molar-refractivity contribution >= 4 is 11.9 Å². The zero-order valence-electron chi connectivity index (χ0n) is 14.3.